The Morgan fingerprint density at radius 3 is 2.05 bits per heavy atom. The van der Waals surface area contributed by atoms with Gasteiger partial charge in [-0.2, -0.15) is 0 Å². The first kappa shape index (κ1) is 22.6. The normalized spacial score (nSPS) is 11.9. The van der Waals surface area contributed by atoms with E-state index < -0.39 is 5.97 Å². The van der Waals surface area contributed by atoms with E-state index in [0.29, 0.717) is 5.56 Å². The number of aldehydes is 1. The van der Waals surface area contributed by atoms with Crippen LogP contribution in [0.5, 0.6) is 0 Å². The van der Waals surface area contributed by atoms with Crippen LogP contribution in [-0.4, -0.2) is 43.2 Å². The van der Waals surface area contributed by atoms with Crippen molar-refractivity contribution >= 4 is 12.3 Å². The van der Waals surface area contributed by atoms with Gasteiger partial charge >= 0.3 is 5.97 Å². The molecule has 0 aromatic heterocycles. The highest BCUT2D eigenvalue weighted by Crippen LogP contribution is 2.24. The molecular formula is C17H29NO4. The van der Waals surface area contributed by atoms with Crippen molar-refractivity contribution in [3.63, 3.8) is 0 Å². The lowest BCUT2D eigenvalue weighted by Crippen LogP contribution is -2.33. The summed E-state index contributed by atoms with van der Waals surface area (Å²) in [6.07, 6.45) is 4.11. The van der Waals surface area contributed by atoms with Gasteiger partial charge in [0.25, 0.3) is 0 Å². The molecule has 0 bridgehead atoms. The average molecular weight is 311 g/mol. The largest absolute Gasteiger partial charge is 0.478 e. The molecule has 1 aromatic rings. The molecule has 1 unspecified atom stereocenters. The van der Waals surface area contributed by atoms with Crippen molar-refractivity contribution in [2.75, 3.05) is 20.7 Å². The van der Waals surface area contributed by atoms with Crippen LogP contribution < -0.4 is 5.32 Å². The summed E-state index contributed by atoms with van der Waals surface area (Å²) >= 11 is 0. The number of benzene rings is 1. The minimum absolute atomic E-state index is 0.108. The SMILES string of the molecule is CCCC(C=O)(CC)CNC.CO.O=C(O)c1ccccc1. The second kappa shape index (κ2) is 14.2. The van der Waals surface area contributed by atoms with Crippen molar-refractivity contribution < 1.29 is 19.8 Å². The highest BCUT2D eigenvalue weighted by Gasteiger charge is 2.25. The van der Waals surface area contributed by atoms with Gasteiger partial charge < -0.3 is 20.3 Å². The zero-order valence-electron chi connectivity index (χ0n) is 14.0. The Balaban J connectivity index is 0. The Bertz CT molecular complexity index is 387. The molecule has 0 aliphatic heterocycles. The number of aliphatic hydroxyl groups excluding tert-OH is 1. The highest BCUT2D eigenvalue weighted by molar-refractivity contribution is 5.87. The van der Waals surface area contributed by atoms with Crippen molar-refractivity contribution in [3.05, 3.63) is 35.9 Å². The maximum atomic E-state index is 10.8. The quantitative estimate of drug-likeness (QED) is 0.674. The van der Waals surface area contributed by atoms with Crippen molar-refractivity contribution in [2.45, 2.75) is 33.1 Å². The third-order valence-electron chi connectivity index (χ3n) is 3.25. The van der Waals surface area contributed by atoms with Crippen molar-refractivity contribution in [1.29, 1.82) is 0 Å². The van der Waals surface area contributed by atoms with Gasteiger partial charge in [0.05, 0.1) is 5.56 Å². The Morgan fingerprint density at radius 1 is 1.23 bits per heavy atom. The maximum absolute atomic E-state index is 10.8. The second-order valence-electron chi connectivity index (χ2n) is 4.79. The zero-order valence-corrected chi connectivity index (χ0v) is 14.0. The van der Waals surface area contributed by atoms with Gasteiger partial charge in [0.15, 0.2) is 0 Å². The number of rotatable bonds is 7. The Labute approximate surface area is 133 Å². The van der Waals surface area contributed by atoms with Crippen molar-refractivity contribution in [3.8, 4) is 0 Å². The lowest BCUT2D eigenvalue weighted by molar-refractivity contribution is -0.116. The molecule has 0 fully saturated rings. The van der Waals surface area contributed by atoms with Gasteiger partial charge in [-0.15, -0.1) is 0 Å². The molecule has 1 aromatic carbocycles. The predicted octanol–water partition coefficient (Wildman–Crippen LogP) is 2.59. The van der Waals surface area contributed by atoms with E-state index in [1.165, 1.54) is 0 Å². The number of aliphatic hydroxyl groups is 1. The predicted molar refractivity (Wildman–Crippen MR) is 89.2 cm³/mol. The first-order valence-electron chi connectivity index (χ1n) is 7.39. The van der Waals surface area contributed by atoms with Gasteiger partial charge in [0, 0.05) is 19.1 Å². The summed E-state index contributed by atoms with van der Waals surface area (Å²) in [5.74, 6) is -0.879. The van der Waals surface area contributed by atoms with Crippen LogP contribution in [0, 0.1) is 5.41 Å². The molecule has 22 heavy (non-hydrogen) atoms. The zero-order chi connectivity index (χ0) is 17.4. The molecule has 1 atom stereocenters. The molecule has 0 saturated carbocycles. The summed E-state index contributed by atoms with van der Waals surface area (Å²) in [6, 6.07) is 8.30. The number of carbonyl (C=O) groups is 2. The minimum Gasteiger partial charge on any atom is -0.478 e. The van der Waals surface area contributed by atoms with Crippen molar-refractivity contribution in [2.24, 2.45) is 5.41 Å². The molecule has 0 radical (unpaired) electrons. The summed E-state index contributed by atoms with van der Waals surface area (Å²) < 4.78 is 0. The molecule has 0 aliphatic rings. The smallest absolute Gasteiger partial charge is 0.335 e. The van der Waals surface area contributed by atoms with Gasteiger partial charge in [-0.1, -0.05) is 38.5 Å². The Morgan fingerprint density at radius 2 is 1.77 bits per heavy atom. The minimum atomic E-state index is -0.879. The van der Waals surface area contributed by atoms with Crippen LogP contribution in [0.1, 0.15) is 43.5 Å². The van der Waals surface area contributed by atoms with E-state index in [4.69, 9.17) is 10.2 Å². The molecule has 0 spiro atoms. The number of hydrogen-bond acceptors (Lipinski definition) is 4. The maximum Gasteiger partial charge on any atom is 0.335 e. The third-order valence-corrected chi connectivity index (χ3v) is 3.25. The summed E-state index contributed by atoms with van der Waals surface area (Å²) in [6.45, 7) is 4.99. The number of hydrogen-bond donors (Lipinski definition) is 3. The van der Waals surface area contributed by atoms with Crippen LogP contribution in [-0.2, 0) is 4.79 Å². The van der Waals surface area contributed by atoms with Gasteiger partial charge in [0.1, 0.15) is 6.29 Å². The molecule has 0 amide bonds. The Hall–Kier alpha value is -1.72. The number of nitrogens with one attached hydrogen (secondary N) is 1. The number of carboxylic acids is 1. The van der Waals surface area contributed by atoms with Crippen LogP contribution in [0.3, 0.4) is 0 Å². The molecule has 5 heteroatoms. The van der Waals surface area contributed by atoms with E-state index in [0.717, 1.165) is 39.2 Å². The topological polar surface area (TPSA) is 86.6 Å². The highest BCUT2D eigenvalue weighted by atomic mass is 16.4. The fraction of sp³-hybridized carbons (Fsp3) is 0.529. The van der Waals surface area contributed by atoms with Crippen LogP contribution in [0.25, 0.3) is 0 Å². The van der Waals surface area contributed by atoms with E-state index in [1.54, 1.807) is 30.3 Å². The van der Waals surface area contributed by atoms with Gasteiger partial charge in [-0.05, 0) is 32.0 Å². The fourth-order valence-electron chi connectivity index (χ4n) is 2.00. The van der Waals surface area contributed by atoms with E-state index in [-0.39, 0.29) is 5.41 Å². The summed E-state index contributed by atoms with van der Waals surface area (Å²) in [4.78, 5) is 21.0. The van der Waals surface area contributed by atoms with Gasteiger partial charge in [-0.3, -0.25) is 0 Å². The molecule has 0 aliphatic carbocycles. The van der Waals surface area contributed by atoms with Crippen molar-refractivity contribution in [1.82, 2.24) is 5.32 Å². The number of carboxylic acid groups (broad SMARTS) is 1. The number of aromatic carboxylic acids is 1. The Kier molecular flexibility index (Phi) is 14.6. The first-order valence-corrected chi connectivity index (χ1v) is 7.39. The van der Waals surface area contributed by atoms with Crippen LogP contribution in [0.2, 0.25) is 0 Å². The third kappa shape index (κ3) is 9.26. The summed E-state index contributed by atoms with van der Waals surface area (Å²) in [7, 11) is 2.89. The van der Waals surface area contributed by atoms with E-state index in [2.05, 4.69) is 19.2 Å². The van der Waals surface area contributed by atoms with E-state index in [1.807, 2.05) is 7.05 Å². The first-order chi connectivity index (χ1) is 10.5. The molecule has 5 nitrogen and oxygen atoms in total. The van der Waals surface area contributed by atoms with Crippen LogP contribution >= 0.6 is 0 Å². The molecule has 3 N–H and O–H groups in total. The second-order valence-corrected chi connectivity index (χ2v) is 4.79. The van der Waals surface area contributed by atoms with E-state index >= 15 is 0 Å². The lowest BCUT2D eigenvalue weighted by Gasteiger charge is -2.25. The summed E-state index contributed by atoms with van der Waals surface area (Å²) in [5.41, 5.74) is 0.223. The standard InChI is InChI=1S/C9H19NO.C7H6O2.CH4O/c1-4-6-9(5-2,8-11)7-10-3;8-7(9)6-4-2-1-3-5-6;1-2/h8,10H,4-7H2,1-3H3;1-5H,(H,8,9);2H,1H3. The van der Waals surface area contributed by atoms with Crippen LogP contribution in [0.15, 0.2) is 30.3 Å². The van der Waals surface area contributed by atoms with Gasteiger partial charge in [0.2, 0.25) is 0 Å². The average Bonchev–Trinajstić information content (AvgIpc) is 2.57. The fourth-order valence-corrected chi connectivity index (χ4v) is 2.00. The monoisotopic (exact) mass is 311 g/mol. The molecule has 1 rings (SSSR count). The lowest BCUT2D eigenvalue weighted by atomic mass is 9.82. The molecule has 126 valence electrons. The molecular weight excluding hydrogens is 282 g/mol. The van der Waals surface area contributed by atoms with Crippen LogP contribution in [0.4, 0.5) is 0 Å². The molecule has 0 heterocycles. The van der Waals surface area contributed by atoms with E-state index in [9.17, 15) is 9.59 Å². The number of carbonyl (C=O) groups excluding carboxylic acids is 1. The molecule has 0 saturated heterocycles. The summed E-state index contributed by atoms with van der Waals surface area (Å²) in [5, 5.41) is 18.4. The van der Waals surface area contributed by atoms with Gasteiger partial charge in [-0.25, -0.2) is 4.79 Å².